The molecule has 0 atom stereocenters. The van der Waals surface area contributed by atoms with Crippen LogP contribution in [0.2, 0.25) is 5.15 Å². The molecule has 18 heavy (non-hydrogen) atoms. The summed E-state index contributed by atoms with van der Waals surface area (Å²) in [5.41, 5.74) is 3.12. The second-order valence-electron chi connectivity index (χ2n) is 5.91. The third-order valence-corrected chi connectivity index (χ3v) is 3.86. The molecule has 0 N–H and O–H groups in total. The van der Waals surface area contributed by atoms with Gasteiger partial charge in [-0.15, -0.1) is 0 Å². The van der Waals surface area contributed by atoms with Crippen LogP contribution in [0.25, 0.3) is 0 Å². The largest absolute Gasteiger partial charge is 0.362 e. The second-order valence-corrected chi connectivity index (χ2v) is 6.26. The average Bonchev–Trinajstić information content (AvgIpc) is 2.27. The molecule has 0 bridgehead atoms. The van der Waals surface area contributed by atoms with E-state index >= 15 is 0 Å². The van der Waals surface area contributed by atoms with E-state index in [1.165, 1.54) is 5.56 Å². The summed E-state index contributed by atoms with van der Waals surface area (Å²) < 4.78 is 0. The fourth-order valence-electron chi connectivity index (χ4n) is 2.60. The van der Waals surface area contributed by atoms with Gasteiger partial charge in [0.15, 0.2) is 0 Å². The van der Waals surface area contributed by atoms with Crippen LogP contribution in [0, 0.1) is 16.7 Å². The fourth-order valence-corrected chi connectivity index (χ4v) is 2.84. The molecule has 0 unspecified atom stereocenters. The Morgan fingerprint density at radius 1 is 1.33 bits per heavy atom. The summed E-state index contributed by atoms with van der Waals surface area (Å²) in [4.78, 5) is 6.37. The molecule has 1 heterocycles. The summed E-state index contributed by atoms with van der Waals surface area (Å²) in [6.07, 6.45) is 2.95. The van der Waals surface area contributed by atoms with Crippen molar-refractivity contribution in [3.63, 3.8) is 0 Å². The first-order valence-electron chi connectivity index (χ1n) is 6.14. The van der Waals surface area contributed by atoms with E-state index in [1.54, 1.807) is 0 Å². The monoisotopic (exact) mass is 263 g/mol. The Morgan fingerprint density at radius 2 is 2.00 bits per heavy atom. The number of hydrogen-bond acceptors (Lipinski definition) is 3. The molecule has 0 aromatic carbocycles. The van der Waals surface area contributed by atoms with Gasteiger partial charge in [0.25, 0.3) is 0 Å². The minimum absolute atomic E-state index is 0.264. The van der Waals surface area contributed by atoms with Gasteiger partial charge in [-0.05, 0) is 35.8 Å². The molecule has 0 saturated heterocycles. The molecule has 96 valence electrons. The molecule has 0 spiro atoms. The van der Waals surface area contributed by atoms with Gasteiger partial charge in [-0.25, -0.2) is 4.98 Å². The number of pyridine rings is 1. The van der Waals surface area contributed by atoms with Crippen LogP contribution >= 0.6 is 11.6 Å². The first-order chi connectivity index (χ1) is 8.35. The van der Waals surface area contributed by atoms with Gasteiger partial charge >= 0.3 is 0 Å². The van der Waals surface area contributed by atoms with E-state index in [9.17, 15) is 5.26 Å². The smallest absolute Gasteiger partial charge is 0.149 e. The van der Waals surface area contributed by atoms with Crippen LogP contribution in [0.4, 0.5) is 5.82 Å². The summed E-state index contributed by atoms with van der Waals surface area (Å²) in [6, 6.07) is 2.20. The minimum Gasteiger partial charge on any atom is -0.362 e. The summed E-state index contributed by atoms with van der Waals surface area (Å²) in [5, 5.41) is 9.58. The normalized spacial score (nSPS) is 16.9. The molecule has 1 aromatic heterocycles. The van der Waals surface area contributed by atoms with Crippen molar-refractivity contribution in [1.29, 1.82) is 5.26 Å². The number of aromatic nitrogens is 1. The third-order valence-electron chi connectivity index (χ3n) is 3.59. The molecule has 0 fully saturated rings. The van der Waals surface area contributed by atoms with Crippen molar-refractivity contribution in [1.82, 2.24) is 4.98 Å². The maximum absolute atomic E-state index is 9.25. The molecule has 3 nitrogen and oxygen atoms in total. The van der Waals surface area contributed by atoms with Gasteiger partial charge in [-0.2, -0.15) is 5.26 Å². The highest BCUT2D eigenvalue weighted by molar-refractivity contribution is 6.30. The highest BCUT2D eigenvalue weighted by Gasteiger charge is 2.31. The first-order valence-corrected chi connectivity index (χ1v) is 6.52. The lowest BCUT2D eigenvalue weighted by Crippen LogP contribution is -2.26. The lowest BCUT2D eigenvalue weighted by Gasteiger charge is -2.34. The molecule has 2 rings (SSSR count). The fraction of sp³-hybridized carbons (Fsp3) is 0.571. The van der Waals surface area contributed by atoms with Crippen molar-refractivity contribution >= 4 is 17.4 Å². The highest BCUT2D eigenvalue weighted by Crippen LogP contribution is 2.40. The molecule has 1 aliphatic rings. The van der Waals surface area contributed by atoms with Crippen molar-refractivity contribution in [2.24, 2.45) is 5.41 Å². The van der Waals surface area contributed by atoms with E-state index in [2.05, 4.69) is 24.9 Å². The third kappa shape index (κ3) is 2.18. The van der Waals surface area contributed by atoms with Crippen LogP contribution in [0.5, 0.6) is 0 Å². The molecule has 0 aliphatic heterocycles. The lowest BCUT2D eigenvalue weighted by atomic mass is 9.73. The second kappa shape index (κ2) is 4.44. The van der Waals surface area contributed by atoms with E-state index in [0.717, 1.165) is 30.6 Å². The summed E-state index contributed by atoms with van der Waals surface area (Å²) in [5.74, 6) is 0.904. The lowest BCUT2D eigenvalue weighted by molar-refractivity contribution is 0.315. The number of rotatable bonds is 1. The van der Waals surface area contributed by atoms with Crippen molar-refractivity contribution in [2.75, 3.05) is 19.0 Å². The Morgan fingerprint density at radius 3 is 2.56 bits per heavy atom. The molecular formula is C14H18ClN3. The predicted molar refractivity (Wildman–Crippen MR) is 74.1 cm³/mol. The highest BCUT2D eigenvalue weighted by atomic mass is 35.5. The Balaban J connectivity index is 2.68. The Kier molecular flexibility index (Phi) is 3.25. The van der Waals surface area contributed by atoms with Gasteiger partial charge in [0.05, 0.1) is 5.56 Å². The first kappa shape index (κ1) is 13.2. The van der Waals surface area contributed by atoms with Crippen molar-refractivity contribution in [2.45, 2.75) is 33.1 Å². The number of halogens is 1. The van der Waals surface area contributed by atoms with Crippen LogP contribution in [-0.2, 0) is 12.8 Å². The van der Waals surface area contributed by atoms with Gasteiger partial charge in [0.2, 0.25) is 0 Å². The Hall–Kier alpha value is -1.27. The van der Waals surface area contributed by atoms with Crippen LogP contribution < -0.4 is 4.90 Å². The van der Waals surface area contributed by atoms with E-state index in [0.29, 0.717) is 10.7 Å². The predicted octanol–water partition coefficient (Wildman–Crippen LogP) is 3.19. The molecule has 4 heteroatoms. The zero-order chi connectivity index (χ0) is 13.5. The van der Waals surface area contributed by atoms with Crippen LogP contribution in [0.3, 0.4) is 0 Å². The maximum Gasteiger partial charge on any atom is 0.149 e. The van der Waals surface area contributed by atoms with Gasteiger partial charge in [-0.3, -0.25) is 0 Å². The molecule has 0 amide bonds. The Labute approximate surface area is 113 Å². The molecule has 1 aromatic rings. The van der Waals surface area contributed by atoms with Gasteiger partial charge < -0.3 is 4.90 Å². The molecular weight excluding hydrogens is 246 g/mol. The summed E-state index contributed by atoms with van der Waals surface area (Å²) >= 11 is 6.12. The summed E-state index contributed by atoms with van der Waals surface area (Å²) in [6.45, 7) is 4.52. The number of fused-ring (bicyclic) bond motifs is 1. The molecule has 1 aliphatic carbocycles. The number of nitrogens with zero attached hydrogens (tertiary/aromatic N) is 3. The standard InChI is InChI=1S/C14H18ClN3/c1-14(2)6-5-9-10(7-14)13(18(3)4)17-12(15)11(9)8-16/h5-7H2,1-4H3. The van der Waals surface area contributed by atoms with Crippen LogP contribution in [0.1, 0.15) is 37.0 Å². The quantitative estimate of drug-likeness (QED) is 0.731. The van der Waals surface area contributed by atoms with E-state index in [-0.39, 0.29) is 5.41 Å². The van der Waals surface area contributed by atoms with Gasteiger partial charge in [-0.1, -0.05) is 25.4 Å². The van der Waals surface area contributed by atoms with Crippen LogP contribution in [0.15, 0.2) is 0 Å². The van der Waals surface area contributed by atoms with E-state index < -0.39 is 0 Å². The maximum atomic E-state index is 9.25. The minimum atomic E-state index is 0.264. The van der Waals surface area contributed by atoms with Gasteiger partial charge in [0.1, 0.15) is 17.0 Å². The SMILES string of the molecule is CN(C)c1nc(Cl)c(C#N)c2c1CC(C)(C)CC2. The van der Waals surface area contributed by atoms with Crippen molar-refractivity contribution in [3.8, 4) is 6.07 Å². The molecule has 0 radical (unpaired) electrons. The van der Waals surface area contributed by atoms with Gasteiger partial charge in [0, 0.05) is 14.1 Å². The average molecular weight is 264 g/mol. The molecule has 0 saturated carbocycles. The number of hydrogen-bond donors (Lipinski definition) is 0. The van der Waals surface area contributed by atoms with Crippen LogP contribution in [-0.4, -0.2) is 19.1 Å². The van der Waals surface area contributed by atoms with Crippen molar-refractivity contribution in [3.05, 3.63) is 21.8 Å². The summed E-state index contributed by atoms with van der Waals surface area (Å²) in [7, 11) is 3.93. The zero-order valence-electron chi connectivity index (χ0n) is 11.3. The number of nitriles is 1. The van der Waals surface area contributed by atoms with E-state index in [4.69, 9.17) is 11.6 Å². The Bertz CT molecular complexity index is 527. The van der Waals surface area contributed by atoms with Crippen molar-refractivity contribution < 1.29 is 0 Å². The number of anilines is 1. The topological polar surface area (TPSA) is 39.9 Å². The zero-order valence-corrected chi connectivity index (χ0v) is 12.1. The van der Waals surface area contributed by atoms with E-state index in [1.807, 2.05) is 19.0 Å².